The standard InChI is InChI=1S/C10H9N2O3S/c1-16(14,15)12-8-2-3-10-7(4-8)5-9(6-13)11-10/h2-5,11-12H,1H3. The normalized spacial score (nSPS) is 11.6. The minimum atomic E-state index is -3.28. The summed E-state index contributed by atoms with van der Waals surface area (Å²) in [5, 5.41) is 0.756. The number of sulfonamides is 1. The van der Waals surface area contributed by atoms with E-state index in [-0.39, 0.29) is 0 Å². The van der Waals surface area contributed by atoms with Crippen LogP contribution in [0.2, 0.25) is 0 Å². The molecule has 0 bridgehead atoms. The lowest BCUT2D eigenvalue weighted by Gasteiger charge is -2.02. The largest absolute Gasteiger partial charge is 0.352 e. The first-order valence-corrected chi connectivity index (χ1v) is 6.36. The number of aromatic nitrogens is 1. The van der Waals surface area contributed by atoms with Crippen LogP contribution in [0.5, 0.6) is 0 Å². The van der Waals surface area contributed by atoms with E-state index >= 15 is 0 Å². The monoisotopic (exact) mass is 237 g/mol. The lowest BCUT2D eigenvalue weighted by molar-refractivity contribution is 0.562. The second-order valence-electron chi connectivity index (χ2n) is 3.46. The van der Waals surface area contributed by atoms with E-state index in [9.17, 15) is 13.2 Å². The molecule has 1 radical (unpaired) electrons. The topological polar surface area (TPSA) is 79.0 Å². The molecule has 0 fully saturated rings. The van der Waals surface area contributed by atoms with Gasteiger partial charge in [0.05, 0.1) is 11.9 Å². The summed E-state index contributed by atoms with van der Waals surface area (Å²) in [4.78, 5) is 13.3. The maximum atomic E-state index is 11.0. The maximum absolute atomic E-state index is 11.0. The highest BCUT2D eigenvalue weighted by atomic mass is 32.2. The molecule has 0 spiro atoms. The molecule has 2 rings (SSSR count). The number of rotatable bonds is 3. The summed E-state index contributed by atoms with van der Waals surface area (Å²) in [5.74, 6) is 0. The van der Waals surface area contributed by atoms with Crippen LogP contribution in [0.4, 0.5) is 5.69 Å². The van der Waals surface area contributed by atoms with Gasteiger partial charge in [-0.05, 0) is 24.3 Å². The predicted octanol–water partition coefficient (Wildman–Crippen LogP) is 0.997. The Morgan fingerprint density at radius 1 is 1.31 bits per heavy atom. The van der Waals surface area contributed by atoms with Gasteiger partial charge < -0.3 is 4.98 Å². The fourth-order valence-corrected chi connectivity index (χ4v) is 2.02. The van der Waals surface area contributed by atoms with Gasteiger partial charge in [-0.15, -0.1) is 0 Å². The fraction of sp³-hybridized carbons (Fsp3) is 0.100. The summed E-state index contributed by atoms with van der Waals surface area (Å²) in [7, 11) is -3.28. The lowest BCUT2D eigenvalue weighted by atomic mass is 10.2. The van der Waals surface area contributed by atoms with E-state index in [0.29, 0.717) is 11.4 Å². The van der Waals surface area contributed by atoms with Crippen molar-refractivity contribution in [2.45, 2.75) is 0 Å². The zero-order valence-corrected chi connectivity index (χ0v) is 9.26. The first-order valence-electron chi connectivity index (χ1n) is 4.47. The van der Waals surface area contributed by atoms with Crippen molar-refractivity contribution in [2.24, 2.45) is 0 Å². The van der Waals surface area contributed by atoms with Crippen LogP contribution in [-0.4, -0.2) is 25.9 Å². The van der Waals surface area contributed by atoms with Crippen molar-refractivity contribution in [3.63, 3.8) is 0 Å². The summed E-state index contributed by atoms with van der Waals surface area (Å²) >= 11 is 0. The second-order valence-corrected chi connectivity index (χ2v) is 5.21. The van der Waals surface area contributed by atoms with E-state index in [1.165, 1.54) is 0 Å². The highest BCUT2D eigenvalue weighted by Crippen LogP contribution is 2.20. The van der Waals surface area contributed by atoms with Crippen molar-refractivity contribution in [1.82, 2.24) is 4.98 Å². The SMILES string of the molecule is CS(=O)(=O)Nc1ccc2[nH]c([C]=O)cc2c1. The zero-order chi connectivity index (χ0) is 11.8. The average molecular weight is 237 g/mol. The van der Waals surface area contributed by atoms with Gasteiger partial charge in [-0.25, -0.2) is 8.42 Å². The fourth-order valence-electron chi connectivity index (χ4n) is 1.47. The molecular weight excluding hydrogens is 228 g/mol. The Kier molecular flexibility index (Phi) is 2.43. The van der Waals surface area contributed by atoms with Gasteiger partial charge in [0.15, 0.2) is 0 Å². The third-order valence-corrected chi connectivity index (χ3v) is 2.64. The molecule has 5 nitrogen and oxygen atoms in total. The number of hydrogen-bond donors (Lipinski definition) is 2. The number of nitrogens with one attached hydrogen (secondary N) is 2. The van der Waals surface area contributed by atoms with Crippen molar-refractivity contribution in [1.29, 1.82) is 0 Å². The minimum absolute atomic E-state index is 0.339. The Bertz CT molecular complexity index is 643. The Hall–Kier alpha value is -1.82. The van der Waals surface area contributed by atoms with E-state index in [2.05, 4.69) is 9.71 Å². The number of H-pyrrole nitrogens is 1. The predicted molar refractivity (Wildman–Crippen MR) is 61.6 cm³/mol. The summed E-state index contributed by atoms with van der Waals surface area (Å²) in [5.41, 5.74) is 1.57. The number of benzene rings is 1. The number of hydrogen-bond acceptors (Lipinski definition) is 3. The summed E-state index contributed by atoms with van der Waals surface area (Å²) in [6.07, 6.45) is 2.82. The van der Waals surface area contributed by atoms with Crippen molar-refractivity contribution < 1.29 is 13.2 Å². The summed E-state index contributed by atoms with van der Waals surface area (Å²) in [6, 6.07) is 6.57. The number of anilines is 1. The van der Waals surface area contributed by atoms with E-state index < -0.39 is 10.0 Å². The van der Waals surface area contributed by atoms with Gasteiger partial charge in [-0.2, -0.15) is 0 Å². The molecule has 1 aromatic carbocycles. The molecular formula is C10H9N2O3S. The Morgan fingerprint density at radius 3 is 2.69 bits per heavy atom. The van der Waals surface area contributed by atoms with Gasteiger partial charge in [0.2, 0.25) is 10.0 Å². The van der Waals surface area contributed by atoms with E-state index in [4.69, 9.17) is 0 Å². The highest BCUT2D eigenvalue weighted by Gasteiger charge is 2.04. The molecule has 0 atom stereocenters. The van der Waals surface area contributed by atoms with Gasteiger partial charge in [0.1, 0.15) is 0 Å². The maximum Gasteiger partial charge on any atom is 0.251 e. The van der Waals surface area contributed by atoms with Crippen LogP contribution in [0.1, 0.15) is 5.69 Å². The highest BCUT2D eigenvalue weighted by molar-refractivity contribution is 7.92. The van der Waals surface area contributed by atoms with E-state index in [1.807, 2.05) is 0 Å². The lowest BCUT2D eigenvalue weighted by Crippen LogP contribution is -2.09. The molecule has 0 saturated carbocycles. The van der Waals surface area contributed by atoms with Gasteiger partial charge in [-0.1, -0.05) is 0 Å². The Balaban J connectivity index is 2.47. The first-order chi connectivity index (χ1) is 7.48. The van der Waals surface area contributed by atoms with Crippen LogP contribution in [0.3, 0.4) is 0 Å². The minimum Gasteiger partial charge on any atom is -0.352 e. The van der Waals surface area contributed by atoms with Crippen molar-refractivity contribution in [2.75, 3.05) is 11.0 Å². The first kappa shape index (κ1) is 10.7. The van der Waals surface area contributed by atoms with Gasteiger partial charge >= 0.3 is 0 Å². The molecule has 16 heavy (non-hydrogen) atoms. The smallest absolute Gasteiger partial charge is 0.251 e. The van der Waals surface area contributed by atoms with Crippen LogP contribution >= 0.6 is 0 Å². The Morgan fingerprint density at radius 2 is 2.06 bits per heavy atom. The van der Waals surface area contributed by atoms with E-state index in [0.717, 1.165) is 17.2 Å². The molecule has 0 amide bonds. The van der Waals surface area contributed by atoms with Gasteiger partial charge in [0.25, 0.3) is 6.29 Å². The molecule has 0 saturated heterocycles. The van der Waals surface area contributed by atoms with Crippen molar-refractivity contribution in [3.05, 3.63) is 30.0 Å². The molecule has 2 N–H and O–H groups in total. The van der Waals surface area contributed by atoms with Crippen LogP contribution in [0, 0.1) is 0 Å². The van der Waals surface area contributed by atoms with Crippen LogP contribution in [-0.2, 0) is 14.8 Å². The molecule has 83 valence electrons. The Labute approximate surface area is 92.5 Å². The molecule has 1 heterocycles. The molecule has 0 aliphatic heterocycles. The third kappa shape index (κ3) is 2.22. The van der Waals surface area contributed by atoms with Crippen molar-refractivity contribution >= 4 is 32.9 Å². The van der Waals surface area contributed by atoms with Crippen LogP contribution in [0.25, 0.3) is 10.9 Å². The molecule has 0 aliphatic carbocycles. The molecule has 2 aromatic rings. The molecule has 6 heteroatoms. The number of carbonyl (C=O) groups excluding carboxylic acids is 1. The number of fused-ring (bicyclic) bond motifs is 1. The number of aromatic amines is 1. The summed E-state index contributed by atoms with van der Waals surface area (Å²) < 4.78 is 24.4. The third-order valence-electron chi connectivity index (χ3n) is 2.03. The van der Waals surface area contributed by atoms with Gasteiger partial charge in [-0.3, -0.25) is 9.52 Å². The van der Waals surface area contributed by atoms with Crippen LogP contribution in [0.15, 0.2) is 24.3 Å². The van der Waals surface area contributed by atoms with E-state index in [1.54, 1.807) is 30.6 Å². The zero-order valence-electron chi connectivity index (χ0n) is 8.44. The quantitative estimate of drug-likeness (QED) is 0.835. The molecule has 0 aliphatic rings. The molecule has 1 aromatic heterocycles. The second kappa shape index (κ2) is 3.64. The van der Waals surface area contributed by atoms with Gasteiger partial charge in [0, 0.05) is 16.6 Å². The summed E-state index contributed by atoms with van der Waals surface area (Å²) in [6.45, 7) is 0. The molecule has 0 unspecified atom stereocenters. The van der Waals surface area contributed by atoms with Crippen molar-refractivity contribution in [3.8, 4) is 0 Å². The van der Waals surface area contributed by atoms with Crippen LogP contribution < -0.4 is 4.72 Å². The average Bonchev–Trinajstić information content (AvgIpc) is 2.57.